The van der Waals surface area contributed by atoms with Gasteiger partial charge in [-0.2, -0.15) is 0 Å². The molecule has 1 heterocycles. The Balaban J connectivity index is 1.85. The third kappa shape index (κ3) is 2.15. The van der Waals surface area contributed by atoms with Crippen molar-refractivity contribution in [3.8, 4) is 0 Å². The molecule has 1 saturated heterocycles. The summed E-state index contributed by atoms with van der Waals surface area (Å²) in [6.45, 7) is 4.37. The minimum atomic E-state index is 0.422. The lowest BCUT2D eigenvalue weighted by Gasteiger charge is -2.29. The molecule has 2 atom stereocenters. The van der Waals surface area contributed by atoms with E-state index < -0.39 is 0 Å². The van der Waals surface area contributed by atoms with Gasteiger partial charge in [-0.1, -0.05) is 15.9 Å². The van der Waals surface area contributed by atoms with Gasteiger partial charge in [0, 0.05) is 24.5 Å². The van der Waals surface area contributed by atoms with E-state index in [1.807, 2.05) is 0 Å². The highest BCUT2D eigenvalue weighted by Gasteiger charge is 2.44. The van der Waals surface area contributed by atoms with Crippen LogP contribution in [0.15, 0.2) is 0 Å². The summed E-state index contributed by atoms with van der Waals surface area (Å²) in [5.41, 5.74) is 0.594. The van der Waals surface area contributed by atoms with Crippen LogP contribution in [-0.4, -0.2) is 42.6 Å². The van der Waals surface area contributed by atoms with Crippen LogP contribution >= 0.6 is 15.9 Å². The maximum atomic E-state index is 5.60. The lowest BCUT2D eigenvalue weighted by molar-refractivity contribution is 0.0779. The van der Waals surface area contributed by atoms with Gasteiger partial charge in [-0.15, -0.1) is 0 Å². The van der Waals surface area contributed by atoms with Gasteiger partial charge < -0.3 is 9.64 Å². The van der Waals surface area contributed by atoms with Crippen molar-refractivity contribution in [3.05, 3.63) is 0 Å². The minimum absolute atomic E-state index is 0.422. The highest BCUT2D eigenvalue weighted by molar-refractivity contribution is 9.09. The summed E-state index contributed by atoms with van der Waals surface area (Å²) in [5.74, 6) is 0. The third-order valence-corrected chi connectivity index (χ3v) is 4.92. The van der Waals surface area contributed by atoms with Crippen LogP contribution in [0.1, 0.15) is 26.2 Å². The number of hydrogen-bond donors (Lipinski definition) is 0. The molecule has 2 aliphatic rings. The minimum Gasteiger partial charge on any atom is -0.377 e. The van der Waals surface area contributed by atoms with E-state index in [4.69, 9.17) is 4.74 Å². The van der Waals surface area contributed by atoms with Gasteiger partial charge in [0.25, 0.3) is 0 Å². The van der Waals surface area contributed by atoms with Crippen molar-refractivity contribution in [2.45, 2.75) is 38.3 Å². The van der Waals surface area contributed by atoms with E-state index in [-0.39, 0.29) is 0 Å². The summed E-state index contributed by atoms with van der Waals surface area (Å²) < 4.78 is 5.60. The monoisotopic (exact) mass is 261 g/mol. The molecule has 1 saturated carbocycles. The van der Waals surface area contributed by atoms with Crippen molar-refractivity contribution >= 4 is 15.9 Å². The highest BCUT2D eigenvalue weighted by atomic mass is 79.9. The number of likely N-dealkylation sites (N-methyl/N-ethyl adjacent to an activating group) is 1. The molecule has 82 valence electrons. The van der Waals surface area contributed by atoms with Crippen LogP contribution in [0.3, 0.4) is 0 Å². The molecule has 0 aromatic rings. The van der Waals surface area contributed by atoms with Crippen molar-refractivity contribution in [1.29, 1.82) is 0 Å². The van der Waals surface area contributed by atoms with Gasteiger partial charge in [0.1, 0.15) is 0 Å². The molecule has 2 unspecified atom stereocenters. The summed E-state index contributed by atoms with van der Waals surface area (Å²) >= 11 is 3.63. The van der Waals surface area contributed by atoms with Gasteiger partial charge in [0.05, 0.1) is 6.10 Å². The number of nitrogens with zero attached hydrogens (tertiary/aromatic N) is 1. The number of alkyl halides is 1. The average molecular weight is 262 g/mol. The van der Waals surface area contributed by atoms with Gasteiger partial charge in [-0.3, -0.25) is 0 Å². The van der Waals surface area contributed by atoms with E-state index in [0.717, 1.165) is 11.9 Å². The third-order valence-electron chi connectivity index (χ3n) is 3.73. The van der Waals surface area contributed by atoms with Gasteiger partial charge in [-0.25, -0.2) is 0 Å². The predicted octanol–water partition coefficient (Wildman–Crippen LogP) is 2.27. The molecule has 2 fully saturated rings. The Morgan fingerprint density at radius 1 is 1.50 bits per heavy atom. The molecule has 2 rings (SSSR count). The smallest absolute Gasteiger partial charge is 0.0702 e. The molecule has 3 heteroatoms. The van der Waals surface area contributed by atoms with Crippen molar-refractivity contribution in [2.24, 2.45) is 5.41 Å². The quantitative estimate of drug-likeness (QED) is 0.721. The van der Waals surface area contributed by atoms with Crippen molar-refractivity contribution in [3.63, 3.8) is 0 Å². The fraction of sp³-hybridized carbons (Fsp3) is 1.00. The van der Waals surface area contributed by atoms with Crippen molar-refractivity contribution in [1.82, 2.24) is 4.90 Å². The van der Waals surface area contributed by atoms with Gasteiger partial charge in [0.2, 0.25) is 0 Å². The Labute approximate surface area is 95.1 Å². The Kier molecular flexibility index (Phi) is 3.20. The molecular formula is C11H20BrNO. The molecule has 14 heavy (non-hydrogen) atoms. The molecule has 0 bridgehead atoms. The van der Waals surface area contributed by atoms with Crippen molar-refractivity contribution < 1.29 is 4.74 Å². The lowest BCUT2D eigenvalue weighted by atomic mass is 10.1. The standard InChI is InChI=1S/C11H20BrNO/c1-9-10(3-6-14-9)13(2)8-11(7-12)4-5-11/h9-10H,3-8H2,1-2H3. The van der Waals surface area contributed by atoms with Crippen LogP contribution in [0.5, 0.6) is 0 Å². The largest absolute Gasteiger partial charge is 0.377 e. The molecule has 0 aromatic heterocycles. The van der Waals surface area contributed by atoms with Crippen LogP contribution in [-0.2, 0) is 4.74 Å². The maximum Gasteiger partial charge on any atom is 0.0702 e. The van der Waals surface area contributed by atoms with Crippen LogP contribution in [0, 0.1) is 5.41 Å². The fourth-order valence-corrected chi connectivity index (χ4v) is 3.19. The second kappa shape index (κ2) is 4.11. The first-order chi connectivity index (χ1) is 6.67. The molecule has 1 aliphatic heterocycles. The zero-order chi connectivity index (χ0) is 10.2. The topological polar surface area (TPSA) is 12.5 Å². The summed E-state index contributed by atoms with van der Waals surface area (Å²) in [6, 6.07) is 0.645. The predicted molar refractivity (Wildman–Crippen MR) is 61.9 cm³/mol. The molecular weight excluding hydrogens is 242 g/mol. The normalized spacial score (nSPS) is 35.1. The van der Waals surface area contributed by atoms with E-state index in [0.29, 0.717) is 17.6 Å². The first-order valence-electron chi connectivity index (χ1n) is 5.55. The summed E-state index contributed by atoms with van der Waals surface area (Å²) in [4.78, 5) is 2.51. The Morgan fingerprint density at radius 2 is 2.21 bits per heavy atom. The van der Waals surface area contributed by atoms with E-state index in [1.165, 1.54) is 25.8 Å². The van der Waals surface area contributed by atoms with Crippen LogP contribution < -0.4 is 0 Å². The SMILES string of the molecule is CC1OCCC1N(C)CC1(CBr)CC1. The van der Waals surface area contributed by atoms with Crippen LogP contribution in [0.25, 0.3) is 0 Å². The summed E-state index contributed by atoms with van der Waals surface area (Å²) in [6.07, 6.45) is 4.41. The van der Waals surface area contributed by atoms with Crippen molar-refractivity contribution in [2.75, 3.05) is 25.5 Å². The summed E-state index contributed by atoms with van der Waals surface area (Å²) in [7, 11) is 2.25. The van der Waals surface area contributed by atoms with E-state index >= 15 is 0 Å². The second-order valence-electron chi connectivity index (χ2n) is 4.98. The maximum absolute atomic E-state index is 5.60. The number of rotatable bonds is 4. The van der Waals surface area contributed by atoms with Crippen LogP contribution in [0.4, 0.5) is 0 Å². The van der Waals surface area contributed by atoms with E-state index in [2.05, 4.69) is 34.8 Å². The molecule has 2 nitrogen and oxygen atoms in total. The Hall–Kier alpha value is 0.400. The Bertz CT molecular complexity index is 205. The van der Waals surface area contributed by atoms with E-state index in [1.54, 1.807) is 0 Å². The van der Waals surface area contributed by atoms with Gasteiger partial charge >= 0.3 is 0 Å². The number of ether oxygens (including phenoxy) is 1. The second-order valence-corrected chi connectivity index (χ2v) is 5.54. The fourth-order valence-electron chi connectivity index (χ4n) is 2.46. The first-order valence-corrected chi connectivity index (χ1v) is 6.67. The number of hydrogen-bond acceptors (Lipinski definition) is 2. The lowest BCUT2D eigenvalue weighted by Crippen LogP contribution is -2.40. The van der Waals surface area contributed by atoms with E-state index in [9.17, 15) is 0 Å². The molecule has 0 aromatic carbocycles. The zero-order valence-electron chi connectivity index (χ0n) is 9.13. The van der Waals surface area contributed by atoms with Crippen LogP contribution in [0.2, 0.25) is 0 Å². The summed E-state index contributed by atoms with van der Waals surface area (Å²) in [5, 5.41) is 1.16. The van der Waals surface area contributed by atoms with Gasteiger partial charge in [-0.05, 0) is 38.6 Å². The molecule has 0 radical (unpaired) electrons. The number of halogens is 1. The molecule has 0 amide bonds. The van der Waals surface area contributed by atoms with Gasteiger partial charge in [0.15, 0.2) is 0 Å². The average Bonchev–Trinajstić information content (AvgIpc) is 2.80. The highest BCUT2D eigenvalue weighted by Crippen LogP contribution is 2.48. The Morgan fingerprint density at radius 3 is 2.64 bits per heavy atom. The molecule has 0 N–H and O–H groups in total. The molecule has 1 aliphatic carbocycles. The molecule has 0 spiro atoms. The first kappa shape index (κ1) is 10.9. The zero-order valence-corrected chi connectivity index (χ0v) is 10.7.